The second-order valence-corrected chi connectivity index (χ2v) is 4.41. The summed E-state index contributed by atoms with van der Waals surface area (Å²) in [4.78, 5) is 2.32. The van der Waals surface area contributed by atoms with Gasteiger partial charge in [-0.3, -0.25) is 4.90 Å². The van der Waals surface area contributed by atoms with Crippen molar-refractivity contribution in [2.24, 2.45) is 17.6 Å². The minimum atomic E-state index is 0.105. The first-order chi connectivity index (χ1) is 7.83. The zero-order valence-electron chi connectivity index (χ0n) is 9.34. The van der Waals surface area contributed by atoms with Crippen LogP contribution in [-0.4, -0.2) is 24.5 Å². The molecule has 1 saturated heterocycles. The Bertz CT molecular complexity index is 369. The van der Waals surface area contributed by atoms with E-state index in [9.17, 15) is 0 Å². The summed E-state index contributed by atoms with van der Waals surface area (Å²) in [7, 11) is 0. The number of hydrogen-bond donors (Lipinski definition) is 1. The highest BCUT2D eigenvalue weighted by Crippen LogP contribution is 2.23. The lowest BCUT2D eigenvalue weighted by molar-refractivity contribution is 0.316. The maximum atomic E-state index is 9.02. The van der Waals surface area contributed by atoms with Crippen LogP contribution >= 0.6 is 0 Å². The first-order valence-electron chi connectivity index (χ1n) is 5.69. The maximum absolute atomic E-state index is 9.02. The second-order valence-electron chi connectivity index (χ2n) is 4.41. The van der Waals surface area contributed by atoms with Gasteiger partial charge in [-0.15, -0.1) is 0 Å². The van der Waals surface area contributed by atoms with E-state index >= 15 is 0 Å². The number of likely N-dealkylation sites (tertiary alicyclic amines) is 1. The van der Waals surface area contributed by atoms with Crippen molar-refractivity contribution in [2.75, 3.05) is 19.6 Å². The first kappa shape index (κ1) is 11.1. The third-order valence-corrected chi connectivity index (χ3v) is 3.23. The van der Waals surface area contributed by atoms with E-state index in [0.717, 1.165) is 19.6 Å². The van der Waals surface area contributed by atoms with E-state index in [4.69, 9.17) is 11.0 Å². The summed E-state index contributed by atoms with van der Waals surface area (Å²) in [6.07, 6.45) is 0. The minimum Gasteiger partial charge on any atom is -0.330 e. The molecule has 3 nitrogen and oxygen atoms in total. The van der Waals surface area contributed by atoms with E-state index in [1.165, 1.54) is 5.56 Å². The quantitative estimate of drug-likeness (QED) is 0.824. The Morgan fingerprint density at radius 1 is 1.31 bits per heavy atom. The van der Waals surface area contributed by atoms with Crippen LogP contribution in [0.1, 0.15) is 5.56 Å². The standard InChI is InChI=1S/C13H17N3/c14-6-12-9-16(10-13(12)7-15)8-11-4-2-1-3-5-11/h1-5,12-13H,6,8-10,14H2. The highest BCUT2D eigenvalue weighted by Gasteiger charge is 2.31. The number of nitriles is 1. The smallest absolute Gasteiger partial charge is 0.0673 e. The molecule has 16 heavy (non-hydrogen) atoms. The molecule has 2 atom stereocenters. The maximum Gasteiger partial charge on any atom is 0.0673 e. The van der Waals surface area contributed by atoms with Gasteiger partial charge < -0.3 is 5.73 Å². The molecule has 2 unspecified atom stereocenters. The Balaban J connectivity index is 1.96. The zero-order chi connectivity index (χ0) is 11.4. The first-order valence-corrected chi connectivity index (χ1v) is 5.69. The Hall–Kier alpha value is -1.37. The summed E-state index contributed by atoms with van der Waals surface area (Å²) in [6.45, 7) is 3.34. The molecule has 2 rings (SSSR count). The lowest BCUT2D eigenvalue weighted by Gasteiger charge is -2.15. The fourth-order valence-electron chi connectivity index (χ4n) is 2.32. The van der Waals surface area contributed by atoms with Crippen LogP contribution in [0.3, 0.4) is 0 Å². The van der Waals surface area contributed by atoms with E-state index in [-0.39, 0.29) is 5.92 Å². The number of hydrogen-bond acceptors (Lipinski definition) is 3. The summed E-state index contributed by atoms with van der Waals surface area (Å²) >= 11 is 0. The van der Waals surface area contributed by atoms with Gasteiger partial charge in [-0.1, -0.05) is 30.3 Å². The Kier molecular flexibility index (Phi) is 3.55. The van der Waals surface area contributed by atoms with Crippen LogP contribution in [0.15, 0.2) is 30.3 Å². The molecule has 84 valence electrons. The third kappa shape index (κ3) is 2.41. The van der Waals surface area contributed by atoms with Crippen molar-refractivity contribution >= 4 is 0 Å². The van der Waals surface area contributed by atoms with Crippen LogP contribution in [0.5, 0.6) is 0 Å². The van der Waals surface area contributed by atoms with Crippen molar-refractivity contribution in [1.82, 2.24) is 4.90 Å². The number of rotatable bonds is 3. The molecule has 0 aromatic heterocycles. The lowest BCUT2D eigenvalue weighted by atomic mass is 9.98. The molecule has 2 N–H and O–H groups in total. The van der Waals surface area contributed by atoms with Gasteiger partial charge in [-0.2, -0.15) is 5.26 Å². The Morgan fingerprint density at radius 3 is 2.62 bits per heavy atom. The van der Waals surface area contributed by atoms with Gasteiger partial charge in [0.15, 0.2) is 0 Å². The molecular weight excluding hydrogens is 198 g/mol. The van der Waals surface area contributed by atoms with Gasteiger partial charge in [0.1, 0.15) is 0 Å². The lowest BCUT2D eigenvalue weighted by Crippen LogP contribution is -2.23. The van der Waals surface area contributed by atoms with E-state index in [0.29, 0.717) is 12.5 Å². The van der Waals surface area contributed by atoms with Crippen molar-refractivity contribution in [2.45, 2.75) is 6.54 Å². The molecule has 3 heteroatoms. The molecule has 0 saturated carbocycles. The molecular formula is C13H17N3. The number of benzene rings is 1. The van der Waals surface area contributed by atoms with Gasteiger partial charge in [0.2, 0.25) is 0 Å². The summed E-state index contributed by atoms with van der Waals surface area (Å²) in [5.41, 5.74) is 6.98. The van der Waals surface area contributed by atoms with Crippen LogP contribution in [-0.2, 0) is 6.54 Å². The number of nitrogens with zero attached hydrogens (tertiary/aromatic N) is 2. The molecule has 0 aliphatic carbocycles. The molecule has 1 heterocycles. The third-order valence-electron chi connectivity index (χ3n) is 3.23. The zero-order valence-corrected chi connectivity index (χ0v) is 9.34. The predicted molar refractivity (Wildman–Crippen MR) is 63.4 cm³/mol. The van der Waals surface area contributed by atoms with Crippen LogP contribution in [0, 0.1) is 23.2 Å². The molecule has 1 fully saturated rings. The summed E-state index contributed by atoms with van der Waals surface area (Å²) in [5.74, 6) is 0.447. The van der Waals surface area contributed by atoms with Crippen molar-refractivity contribution in [3.8, 4) is 6.07 Å². The largest absolute Gasteiger partial charge is 0.330 e. The predicted octanol–water partition coefficient (Wildman–Crippen LogP) is 1.22. The fourth-order valence-corrected chi connectivity index (χ4v) is 2.32. The molecule has 1 aromatic rings. The summed E-state index contributed by atoms with van der Waals surface area (Å²) in [5, 5.41) is 9.02. The van der Waals surface area contributed by atoms with E-state index in [2.05, 4.69) is 23.1 Å². The van der Waals surface area contributed by atoms with E-state index < -0.39 is 0 Å². The highest BCUT2D eigenvalue weighted by molar-refractivity contribution is 5.15. The van der Waals surface area contributed by atoms with Crippen LogP contribution in [0.2, 0.25) is 0 Å². The van der Waals surface area contributed by atoms with Crippen LogP contribution in [0.25, 0.3) is 0 Å². The van der Waals surface area contributed by atoms with Crippen molar-refractivity contribution in [3.63, 3.8) is 0 Å². The number of nitrogens with two attached hydrogens (primary N) is 1. The van der Waals surface area contributed by atoms with Crippen molar-refractivity contribution in [1.29, 1.82) is 5.26 Å². The Morgan fingerprint density at radius 2 is 2.06 bits per heavy atom. The summed E-state index contributed by atoms with van der Waals surface area (Å²) in [6, 6.07) is 12.7. The van der Waals surface area contributed by atoms with Crippen molar-refractivity contribution < 1.29 is 0 Å². The Labute approximate surface area is 96.5 Å². The van der Waals surface area contributed by atoms with Gasteiger partial charge in [-0.25, -0.2) is 0 Å². The van der Waals surface area contributed by atoms with Gasteiger partial charge in [0.05, 0.1) is 12.0 Å². The molecule has 0 bridgehead atoms. The average molecular weight is 215 g/mol. The van der Waals surface area contributed by atoms with Crippen LogP contribution in [0.4, 0.5) is 0 Å². The molecule has 0 spiro atoms. The van der Waals surface area contributed by atoms with Gasteiger partial charge >= 0.3 is 0 Å². The highest BCUT2D eigenvalue weighted by atomic mass is 15.2. The van der Waals surface area contributed by atoms with Crippen molar-refractivity contribution in [3.05, 3.63) is 35.9 Å². The van der Waals surface area contributed by atoms with Crippen LogP contribution < -0.4 is 5.73 Å². The SMILES string of the molecule is N#CC1CN(Cc2ccccc2)CC1CN. The molecule has 0 radical (unpaired) electrons. The molecule has 1 aliphatic heterocycles. The summed E-state index contributed by atoms with van der Waals surface area (Å²) < 4.78 is 0. The topological polar surface area (TPSA) is 53.0 Å². The second kappa shape index (κ2) is 5.11. The monoisotopic (exact) mass is 215 g/mol. The van der Waals surface area contributed by atoms with Gasteiger partial charge in [0, 0.05) is 25.6 Å². The normalized spacial score (nSPS) is 25.5. The van der Waals surface area contributed by atoms with E-state index in [1.807, 2.05) is 18.2 Å². The minimum absolute atomic E-state index is 0.105. The average Bonchev–Trinajstić information content (AvgIpc) is 2.72. The molecule has 1 aromatic carbocycles. The van der Waals surface area contributed by atoms with Gasteiger partial charge in [-0.05, 0) is 12.1 Å². The van der Waals surface area contributed by atoms with E-state index in [1.54, 1.807) is 0 Å². The molecule has 0 amide bonds. The fraction of sp³-hybridized carbons (Fsp3) is 0.462. The van der Waals surface area contributed by atoms with Gasteiger partial charge in [0.25, 0.3) is 0 Å². The molecule has 1 aliphatic rings.